The lowest BCUT2D eigenvalue weighted by Crippen LogP contribution is -2.21. The summed E-state index contributed by atoms with van der Waals surface area (Å²) in [6, 6.07) is 15.6. The van der Waals surface area contributed by atoms with E-state index >= 15 is 0 Å². The second kappa shape index (κ2) is 6.60. The van der Waals surface area contributed by atoms with Crippen molar-refractivity contribution in [1.29, 1.82) is 0 Å². The zero-order valence-corrected chi connectivity index (χ0v) is 11.8. The highest BCUT2D eigenvalue weighted by Crippen LogP contribution is 2.26. The van der Waals surface area contributed by atoms with Gasteiger partial charge in [-0.05, 0) is 31.2 Å². The third kappa shape index (κ3) is 3.98. The van der Waals surface area contributed by atoms with E-state index in [0.717, 1.165) is 18.5 Å². The first-order valence-corrected chi connectivity index (χ1v) is 6.73. The zero-order chi connectivity index (χ0) is 13.7. The molecule has 0 heterocycles. The highest BCUT2D eigenvalue weighted by molar-refractivity contribution is 6.31. The van der Waals surface area contributed by atoms with Crippen LogP contribution in [0.25, 0.3) is 0 Å². The van der Waals surface area contributed by atoms with Crippen LogP contribution in [0.4, 0.5) is 0 Å². The summed E-state index contributed by atoms with van der Waals surface area (Å²) < 4.78 is 0. The van der Waals surface area contributed by atoms with E-state index in [1.165, 1.54) is 5.56 Å². The van der Waals surface area contributed by atoms with Gasteiger partial charge in [0.25, 0.3) is 0 Å². The highest BCUT2D eigenvalue weighted by atomic mass is 35.5. The first-order valence-electron chi connectivity index (χ1n) is 6.35. The molecule has 2 aromatic carbocycles. The number of rotatable bonds is 5. The van der Waals surface area contributed by atoms with E-state index < -0.39 is 0 Å². The number of phenols is 1. The van der Waals surface area contributed by atoms with Crippen LogP contribution < -0.4 is 0 Å². The maximum absolute atomic E-state index is 9.81. The van der Waals surface area contributed by atoms with Crippen LogP contribution in [0.3, 0.4) is 0 Å². The molecule has 19 heavy (non-hydrogen) atoms. The van der Waals surface area contributed by atoms with Crippen LogP contribution in [0.15, 0.2) is 48.5 Å². The lowest BCUT2D eigenvalue weighted by atomic mass is 10.1. The van der Waals surface area contributed by atoms with E-state index in [-0.39, 0.29) is 5.75 Å². The summed E-state index contributed by atoms with van der Waals surface area (Å²) in [6.45, 7) is 1.58. The third-order valence-corrected chi connectivity index (χ3v) is 3.50. The predicted octanol–water partition coefficient (Wildman–Crippen LogP) is 3.72. The van der Waals surface area contributed by atoms with E-state index in [2.05, 4.69) is 29.2 Å². The van der Waals surface area contributed by atoms with Gasteiger partial charge < -0.3 is 10.0 Å². The van der Waals surface area contributed by atoms with Crippen molar-refractivity contribution < 1.29 is 5.11 Å². The lowest BCUT2D eigenvalue weighted by molar-refractivity contribution is 0.324. The first-order chi connectivity index (χ1) is 9.16. The van der Waals surface area contributed by atoms with Gasteiger partial charge in [0.05, 0.1) is 0 Å². The molecule has 0 aliphatic rings. The summed E-state index contributed by atoms with van der Waals surface area (Å²) >= 11 is 6.10. The molecule has 0 amide bonds. The largest absolute Gasteiger partial charge is 0.508 e. The second-order valence-corrected chi connectivity index (χ2v) is 5.12. The van der Waals surface area contributed by atoms with Crippen LogP contribution >= 0.6 is 11.6 Å². The molecule has 0 aromatic heterocycles. The number of likely N-dealkylation sites (N-methyl/N-ethyl adjacent to an activating group) is 1. The van der Waals surface area contributed by atoms with Crippen molar-refractivity contribution >= 4 is 11.6 Å². The molecule has 2 aromatic rings. The van der Waals surface area contributed by atoms with E-state index in [9.17, 15) is 5.11 Å². The fourth-order valence-corrected chi connectivity index (χ4v) is 2.25. The number of halogens is 1. The van der Waals surface area contributed by atoms with Gasteiger partial charge in [-0.15, -0.1) is 0 Å². The molecule has 0 atom stereocenters. The minimum atomic E-state index is 0.263. The van der Waals surface area contributed by atoms with Gasteiger partial charge in [0.2, 0.25) is 0 Å². The van der Waals surface area contributed by atoms with Gasteiger partial charge in [-0.1, -0.05) is 48.0 Å². The monoisotopic (exact) mass is 275 g/mol. The van der Waals surface area contributed by atoms with Crippen LogP contribution in [0.2, 0.25) is 5.02 Å². The number of hydrogen-bond acceptors (Lipinski definition) is 2. The lowest BCUT2D eigenvalue weighted by Gasteiger charge is -2.18. The Hall–Kier alpha value is -1.51. The molecular weight excluding hydrogens is 258 g/mol. The van der Waals surface area contributed by atoms with Crippen molar-refractivity contribution in [2.75, 3.05) is 13.6 Å². The summed E-state index contributed by atoms with van der Waals surface area (Å²) in [5.41, 5.74) is 2.11. The van der Waals surface area contributed by atoms with Gasteiger partial charge in [-0.25, -0.2) is 0 Å². The normalized spacial score (nSPS) is 10.9. The topological polar surface area (TPSA) is 23.5 Å². The molecule has 0 fully saturated rings. The van der Waals surface area contributed by atoms with Gasteiger partial charge in [0.1, 0.15) is 5.75 Å². The number of benzene rings is 2. The van der Waals surface area contributed by atoms with Crippen LogP contribution in [0, 0.1) is 0 Å². The van der Waals surface area contributed by atoms with Crippen molar-refractivity contribution in [3.63, 3.8) is 0 Å². The summed E-state index contributed by atoms with van der Waals surface area (Å²) in [7, 11) is 2.03. The van der Waals surface area contributed by atoms with Gasteiger partial charge in [0, 0.05) is 23.7 Å². The molecule has 2 rings (SSSR count). The Labute approximate surface area is 119 Å². The van der Waals surface area contributed by atoms with Crippen molar-refractivity contribution in [1.82, 2.24) is 4.90 Å². The SMILES string of the molecule is CN(CCc1ccccc1)Cc1c(O)cccc1Cl. The number of aromatic hydroxyl groups is 1. The van der Waals surface area contributed by atoms with Crippen LogP contribution in [0.5, 0.6) is 5.75 Å². The summed E-state index contributed by atoms with van der Waals surface area (Å²) in [4.78, 5) is 2.16. The molecular formula is C16H18ClNO. The average molecular weight is 276 g/mol. The summed E-state index contributed by atoms with van der Waals surface area (Å²) in [5, 5.41) is 10.4. The predicted molar refractivity (Wildman–Crippen MR) is 79.6 cm³/mol. The molecule has 0 aliphatic heterocycles. The van der Waals surface area contributed by atoms with E-state index in [0.29, 0.717) is 11.6 Å². The minimum Gasteiger partial charge on any atom is -0.508 e. The Morgan fingerprint density at radius 2 is 1.79 bits per heavy atom. The Kier molecular flexibility index (Phi) is 4.83. The molecule has 1 N–H and O–H groups in total. The van der Waals surface area contributed by atoms with Crippen LogP contribution in [-0.2, 0) is 13.0 Å². The smallest absolute Gasteiger partial charge is 0.121 e. The average Bonchev–Trinajstić information content (AvgIpc) is 2.42. The maximum atomic E-state index is 9.81. The third-order valence-electron chi connectivity index (χ3n) is 3.15. The van der Waals surface area contributed by atoms with Crippen molar-refractivity contribution in [2.45, 2.75) is 13.0 Å². The summed E-state index contributed by atoms with van der Waals surface area (Å²) in [5.74, 6) is 0.263. The van der Waals surface area contributed by atoms with Gasteiger partial charge in [0.15, 0.2) is 0 Å². The van der Waals surface area contributed by atoms with E-state index in [1.54, 1.807) is 12.1 Å². The second-order valence-electron chi connectivity index (χ2n) is 4.71. The molecule has 0 unspecified atom stereocenters. The molecule has 0 spiro atoms. The minimum absolute atomic E-state index is 0.263. The van der Waals surface area contributed by atoms with Crippen LogP contribution in [-0.4, -0.2) is 23.6 Å². The van der Waals surface area contributed by atoms with Crippen molar-refractivity contribution in [3.8, 4) is 5.75 Å². The molecule has 0 saturated heterocycles. The molecule has 0 aliphatic carbocycles. The fraction of sp³-hybridized carbons (Fsp3) is 0.250. The van der Waals surface area contributed by atoms with E-state index in [4.69, 9.17) is 11.6 Å². The first kappa shape index (κ1) is 13.9. The van der Waals surface area contributed by atoms with Gasteiger partial charge in [-0.2, -0.15) is 0 Å². The van der Waals surface area contributed by atoms with Crippen molar-refractivity contribution in [2.24, 2.45) is 0 Å². The highest BCUT2D eigenvalue weighted by Gasteiger charge is 2.09. The number of hydrogen-bond donors (Lipinski definition) is 1. The Bertz CT molecular complexity index is 507. The van der Waals surface area contributed by atoms with E-state index in [1.807, 2.05) is 19.2 Å². The zero-order valence-electron chi connectivity index (χ0n) is 11.0. The quantitative estimate of drug-likeness (QED) is 0.899. The molecule has 100 valence electrons. The number of nitrogens with zero attached hydrogens (tertiary/aromatic N) is 1. The molecule has 0 radical (unpaired) electrons. The van der Waals surface area contributed by atoms with Crippen molar-refractivity contribution in [3.05, 3.63) is 64.7 Å². The fourth-order valence-electron chi connectivity index (χ4n) is 2.02. The molecule has 0 bridgehead atoms. The maximum Gasteiger partial charge on any atom is 0.121 e. The Morgan fingerprint density at radius 3 is 2.47 bits per heavy atom. The standard InChI is InChI=1S/C16H18ClNO/c1-18(11-10-13-6-3-2-4-7-13)12-14-15(17)8-5-9-16(14)19/h2-9,19H,10-12H2,1H3. The number of phenolic OH excluding ortho intramolecular Hbond substituents is 1. The van der Waals surface area contributed by atoms with Crippen LogP contribution in [0.1, 0.15) is 11.1 Å². The molecule has 3 heteroatoms. The Balaban J connectivity index is 1.93. The summed E-state index contributed by atoms with van der Waals surface area (Å²) in [6.07, 6.45) is 0.989. The molecule has 0 saturated carbocycles. The van der Waals surface area contributed by atoms with Gasteiger partial charge in [-0.3, -0.25) is 0 Å². The molecule has 2 nitrogen and oxygen atoms in total. The Morgan fingerprint density at radius 1 is 1.05 bits per heavy atom. The van der Waals surface area contributed by atoms with Gasteiger partial charge >= 0.3 is 0 Å².